The van der Waals surface area contributed by atoms with Crippen LogP contribution in [0.3, 0.4) is 0 Å². The summed E-state index contributed by atoms with van der Waals surface area (Å²) < 4.78 is 0.765. The average Bonchev–Trinajstić information content (AvgIpc) is 2.49. The van der Waals surface area contributed by atoms with Gasteiger partial charge in [-0.25, -0.2) is 9.97 Å². The van der Waals surface area contributed by atoms with Crippen molar-refractivity contribution in [1.29, 1.82) is 0 Å². The fraction of sp³-hybridized carbons (Fsp3) is 0.188. The van der Waals surface area contributed by atoms with Gasteiger partial charge in [0.15, 0.2) is 5.82 Å². The molecular formula is C16H13BrClN3. The summed E-state index contributed by atoms with van der Waals surface area (Å²) in [6, 6.07) is 9.87. The van der Waals surface area contributed by atoms with Gasteiger partial charge in [-0.15, -0.1) is 0 Å². The Morgan fingerprint density at radius 2 is 1.86 bits per heavy atom. The lowest BCUT2D eigenvalue weighted by Crippen LogP contribution is -2.01. The van der Waals surface area contributed by atoms with E-state index in [4.69, 9.17) is 11.6 Å². The van der Waals surface area contributed by atoms with Crippen molar-refractivity contribution in [2.45, 2.75) is 19.8 Å². The second-order valence-electron chi connectivity index (χ2n) is 5.07. The van der Waals surface area contributed by atoms with E-state index < -0.39 is 0 Å². The van der Waals surface area contributed by atoms with Gasteiger partial charge in [0.1, 0.15) is 5.15 Å². The van der Waals surface area contributed by atoms with Crippen LogP contribution in [-0.2, 0) is 0 Å². The van der Waals surface area contributed by atoms with Crippen molar-refractivity contribution in [1.82, 2.24) is 15.0 Å². The Morgan fingerprint density at radius 3 is 2.62 bits per heavy atom. The predicted molar refractivity (Wildman–Crippen MR) is 89.6 cm³/mol. The first-order chi connectivity index (χ1) is 10.1. The van der Waals surface area contributed by atoms with Crippen molar-refractivity contribution < 1.29 is 0 Å². The normalized spacial score (nSPS) is 11.3. The van der Waals surface area contributed by atoms with Crippen LogP contribution in [0.25, 0.3) is 22.3 Å². The Hall–Kier alpha value is -1.52. The summed E-state index contributed by atoms with van der Waals surface area (Å²) in [4.78, 5) is 13.5. The summed E-state index contributed by atoms with van der Waals surface area (Å²) in [5, 5.41) is 1.46. The van der Waals surface area contributed by atoms with Crippen molar-refractivity contribution >= 4 is 38.4 Å². The zero-order chi connectivity index (χ0) is 15.0. The molecule has 21 heavy (non-hydrogen) atoms. The zero-order valence-corrected chi connectivity index (χ0v) is 14.0. The second kappa shape index (κ2) is 5.70. The molecule has 0 N–H and O–H groups in total. The third-order valence-electron chi connectivity index (χ3n) is 3.27. The van der Waals surface area contributed by atoms with Crippen molar-refractivity contribution in [3.63, 3.8) is 0 Å². The highest BCUT2D eigenvalue weighted by Crippen LogP contribution is 2.32. The molecule has 0 radical (unpaired) electrons. The summed E-state index contributed by atoms with van der Waals surface area (Å²) in [5.41, 5.74) is 2.77. The van der Waals surface area contributed by atoms with E-state index in [1.165, 1.54) is 0 Å². The van der Waals surface area contributed by atoms with Crippen molar-refractivity contribution in [3.8, 4) is 11.4 Å². The van der Waals surface area contributed by atoms with Gasteiger partial charge in [-0.2, -0.15) is 0 Å². The van der Waals surface area contributed by atoms with E-state index in [-0.39, 0.29) is 5.92 Å². The number of para-hydroxylation sites is 1. The number of fused-ring (bicyclic) bond motifs is 1. The first-order valence-corrected chi connectivity index (χ1v) is 7.82. The number of hydrogen-bond acceptors (Lipinski definition) is 3. The highest BCUT2D eigenvalue weighted by molar-refractivity contribution is 9.10. The van der Waals surface area contributed by atoms with Crippen LogP contribution in [0.2, 0.25) is 5.15 Å². The molecular weight excluding hydrogens is 350 g/mol. The van der Waals surface area contributed by atoms with Gasteiger partial charge >= 0.3 is 0 Å². The largest absolute Gasteiger partial charge is 0.256 e. The summed E-state index contributed by atoms with van der Waals surface area (Å²) in [7, 11) is 0. The number of hydrogen-bond donors (Lipinski definition) is 0. The first-order valence-electron chi connectivity index (χ1n) is 6.65. The molecule has 0 spiro atoms. The van der Waals surface area contributed by atoms with E-state index in [0.29, 0.717) is 11.0 Å². The minimum absolute atomic E-state index is 0.256. The molecule has 0 aliphatic heterocycles. The molecule has 1 aromatic carbocycles. The van der Waals surface area contributed by atoms with Crippen LogP contribution < -0.4 is 0 Å². The maximum atomic E-state index is 6.25. The standard InChI is InChI=1S/C16H13BrClN3/c1-9(2)14-13(17)15(18)21-16(20-14)11-7-8-19-12-6-4-3-5-10(11)12/h3-9H,1-2H3. The smallest absolute Gasteiger partial charge is 0.161 e. The molecule has 0 aliphatic carbocycles. The van der Waals surface area contributed by atoms with Crippen molar-refractivity contribution in [3.05, 3.63) is 51.8 Å². The molecule has 2 heterocycles. The Kier molecular flexibility index (Phi) is 3.91. The fourth-order valence-electron chi connectivity index (χ4n) is 2.23. The number of nitrogens with zero attached hydrogens (tertiary/aromatic N) is 3. The minimum atomic E-state index is 0.256. The number of aromatic nitrogens is 3. The summed E-state index contributed by atoms with van der Waals surface area (Å²) >= 11 is 9.72. The molecule has 0 fully saturated rings. The number of pyridine rings is 1. The summed E-state index contributed by atoms with van der Waals surface area (Å²) in [6.07, 6.45) is 1.77. The van der Waals surface area contributed by atoms with Gasteiger partial charge < -0.3 is 0 Å². The average molecular weight is 363 g/mol. The Morgan fingerprint density at radius 1 is 1.10 bits per heavy atom. The molecule has 0 amide bonds. The Balaban J connectivity index is 2.28. The highest BCUT2D eigenvalue weighted by atomic mass is 79.9. The van der Waals surface area contributed by atoms with Crippen LogP contribution in [-0.4, -0.2) is 15.0 Å². The van der Waals surface area contributed by atoms with Crippen LogP contribution in [0, 0.1) is 0 Å². The predicted octanol–water partition coefficient (Wildman–Crippen LogP) is 5.23. The number of halogens is 2. The van der Waals surface area contributed by atoms with Crippen LogP contribution in [0.1, 0.15) is 25.5 Å². The van der Waals surface area contributed by atoms with Gasteiger partial charge in [0.2, 0.25) is 0 Å². The number of benzene rings is 1. The molecule has 2 aromatic heterocycles. The highest BCUT2D eigenvalue weighted by Gasteiger charge is 2.16. The van der Waals surface area contributed by atoms with E-state index in [0.717, 1.165) is 26.6 Å². The minimum Gasteiger partial charge on any atom is -0.256 e. The van der Waals surface area contributed by atoms with Gasteiger partial charge in [0, 0.05) is 17.1 Å². The van der Waals surface area contributed by atoms with Gasteiger partial charge in [-0.1, -0.05) is 43.6 Å². The van der Waals surface area contributed by atoms with Crippen LogP contribution in [0.5, 0.6) is 0 Å². The van der Waals surface area contributed by atoms with Crippen LogP contribution in [0.4, 0.5) is 0 Å². The molecule has 5 heteroatoms. The monoisotopic (exact) mass is 361 g/mol. The Bertz CT molecular complexity index is 812. The molecule has 0 unspecified atom stereocenters. The molecule has 0 aliphatic rings. The lowest BCUT2D eigenvalue weighted by atomic mass is 10.1. The summed E-state index contributed by atoms with van der Waals surface area (Å²) in [6.45, 7) is 4.16. The molecule has 0 saturated carbocycles. The van der Waals surface area contributed by atoms with Crippen molar-refractivity contribution in [2.75, 3.05) is 0 Å². The third kappa shape index (κ3) is 2.65. The topological polar surface area (TPSA) is 38.7 Å². The lowest BCUT2D eigenvalue weighted by molar-refractivity contribution is 0.809. The van der Waals surface area contributed by atoms with E-state index in [1.807, 2.05) is 30.3 Å². The zero-order valence-electron chi connectivity index (χ0n) is 11.6. The molecule has 0 atom stereocenters. The van der Waals surface area contributed by atoms with Crippen LogP contribution >= 0.6 is 27.5 Å². The maximum absolute atomic E-state index is 6.25. The molecule has 3 rings (SSSR count). The lowest BCUT2D eigenvalue weighted by Gasteiger charge is -2.12. The molecule has 0 saturated heterocycles. The van der Waals surface area contributed by atoms with E-state index in [2.05, 4.69) is 44.7 Å². The van der Waals surface area contributed by atoms with Gasteiger partial charge in [0.05, 0.1) is 15.7 Å². The Labute approximate surface area is 136 Å². The van der Waals surface area contributed by atoms with Crippen LogP contribution in [0.15, 0.2) is 41.0 Å². The van der Waals surface area contributed by atoms with Gasteiger partial charge in [-0.05, 0) is 34.0 Å². The molecule has 3 nitrogen and oxygen atoms in total. The fourth-order valence-corrected chi connectivity index (χ4v) is 3.04. The van der Waals surface area contributed by atoms with E-state index in [9.17, 15) is 0 Å². The maximum Gasteiger partial charge on any atom is 0.161 e. The SMILES string of the molecule is CC(C)c1nc(-c2ccnc3ccccc23)nc(Cl)c1Br. The summed E-state index contributed by atoms with van der Waals surface area (Å²) in [5.74, 6) is 0.886. The van der Waals surface area contributed by atoms with Gasteiger partial charge in [0.25, 0.3) is 0 Å². The first kappa shape index (κ1) is 14.4. The van der Waals surface area contributed by atoms with Crippen molar-refractivity contribution in [2.24, 2.45) is 0 Å². The van der Waals surface area contributed by atoms with Gasteiger partial charge in [-0.3, -0.25) is 4.98 Å². The molecule has 3 aromatic rings. The quantitative estimate of drug-likeness (QED) is 0.586. The number of rotatable bonds is 2. The van der Waals surface area contributed by atoms with E-state index in [1.54, 1.807) is 6.20 Å². The third-order valence-corrected chi connectivity index (χ3v) is 4.56. The second-order valence-corrected chi connectivity index (χ2v) is 6.22. The van der Waals surface area contributed by atoms with E-state index >= 15 is 0 Å². The molecule has 0 bridgehead atoms. The molecule has 106 valence electrons.